The molecule has 0 bridgehead atoms. The van der Waals surface area contributed by atoms with Crippen LogP contribution in [0.5, 0.6) is 11.5 Å². The second-order valence-electron chi connectivity index (χ2n) is 4.91. The highest BCUT2D eigenvalue weighted by molar-refractivity contribution is 5.73. The quantitative estimate of drug-likeness (QED) is 0.895. The highest BCUT2D eigenvalue weighted by atomic mass is 16.6. The van der Waals surface area contributed by atoms with E-state index in [-0.39, 0.29) is 6.04 Å². The molecule has 0 saturated carbocycles. The monoisotopic (exact) mass is 263 g/mol. The number of nitrogens with zero attached hydrogens (tertiary/aromatic N) is 1. The van der Waals surface area contributed by atoms with E-state index in [4.69, 9.17) is 9.47 Å². The molecule has 3 rings (SSSR count). The average Bonchev–Trinajstić information content (AvgIpc) is 2.87. The van der Waals surface area contributed by atoms with Gasteiger partial charge in [0, 0.05) is 12.1 Å². The molecule has 2 aliphatic rings. The standard InChI is InChI=1S/C14H17NO4/c16-14(17)11-4-2-6-15(11)9-10-3-1-5-12-13(10)19-8-7-18-12/h1,3,5,11H,2,4,6-9H2,(H,16,17)/t11-/m0/s1. The summed E-state index contributed by atoms with van der Waals surface area (Å²) in [6.07, 6.45) is 1.66. The maximum Gasteiger partial charge on any atom is 0.320 e. The van der Waals surface area contributed by atoms with Crippen LogP contribution in [0.25, 0.3) is 0 Å². The number of rotatable bonds is 3. The fraction of sp³-hybridized carbons (Fsp3) is 0.500. The lowest BCUT2D eigenvalue weighted by Crippen LogP contribution is -2.35. The lowest BCUT2D eigenvalue weighted by Gasteiger charge is -2.25. The van der Waals surface area contributed by atoms with E-state index in [2.05, 4.69) is 0 Å². The first-order valence-corrected chi connectivity index (χ1v) is 6.60. The van der Waals surface area contributed by atoms with Crippen molar-refractivity contribution in [3.8, 4) is 11.5 Å². The minimum Gasteiger partial charge on any atom is -0.486 e. The molecule has 5 nitrogen and oxygen atoms in total. The zero-order valence-corrected chi connectivity index (χ0v) is 10.7. The summed E-state index contributed by atoms with van der Waals surface area (Å²) in [7, 11) is 0. The second kappa shape index (κ2) is 5.09. The Balaban J connectivity index is 1.81. The Morgan fingerprint density at radius 2 is 2.21 bits per heavy atom. The number of hydrogen-bond acceptors (Lipinski definition) is 4. The Morgan fingerprint density at radius 3 is 3.05 bits per heavy atom. The number of likely N-dealkylation sites (tertiary alicyclic amines) is 1. The summed E-state index contributed by atoms with van der Waals surface area (Å²) in [6, 6.07) is 5.41. The number of carboxylic acid groups (broad SMARTS) is 1. The van der Waals surface area contributed by atoms with Crippen LogP contribution in [0.1, 0.15) is 18.4 Å². The molecule has 0 aliphatic carbocycles. The predicted molar refractivity (Wildman–Crippen MR) is 68.5 cm³/mol. The third-order valence-electron chi connectivity index (χ3n) is 3.67. The Hall–Kier alpha value is -1.75. The third kappa shape index (κ3) is 2.38. The molecular weight excluding hydrogens is 246 g/mol. The first-order chi connectivity index (χ1) is 9.25. The first-order valence-electron chi connectivity index (χ1n) is 6.60. The van der Waals surface area contributed by atoms with E-state index in [0.29, 0.717) is 19.8 Å². The Bertz CT molecular complexity index is 488. The van der Waals surface area contributed by atoms with E-state index in [1.807, 2.05) is 23.1 Å². The molecule has 5 heteroatoms. The molecule has 2 heterocycles. The van der Waals surface area contributed by atoms with Gasteiger partial charge in [-0.3, -0.25) is 9.69 Å². The summed E-state index contributed by atoms with van der Waals surface area (Å²) in [5.41, 5.74) is 1.00. The van der Waals surface area contributed by atoms with Gasteiger partial charge in [0.05, 0.1) is 0 Å². The summed E-state index contributed by atoms with van der Waals surface area (Å²) in [5.74, 6) is 0.791. The van der Waals surface area contributed by atoms with Gasteiger partial charge in [-0.15, -0.1) is 0 Å². The van der Waals surface area contributed by atoms with Crippen molar-refractivity contribution < 1.29 is 19.4 Å². The molecule has 0 radical (unpaired) electrons. The molecule has 102 valence electrons. The third-order valence-corrected chi connectivity index (χ3v) is 3.67. The van der Waals surface area contributed by atoms with Crippen molar-refractivity contribution in [1.29, 1.82) is 0 Å². The molecule has 19 heavy (non-hydrogen) atoms. The molecule has 0 spiro atoms. The number of para-hydroxylation sites is 1. The topological polar surface area (TPSA) is 59.0 Å². The largest absolute Gasteiger partial charge is 0.486 e. The van der Waals surface area contributed by atoms with Gasteiger partial charge in [-0.2, -0.15) is 0 Å². The van der Waals surface area contributed by atoms with Gasteiger partial charge in [-0.1, -0.05) is 12.1 Å². The molecule has 1 aromatic rings. The van der Waals surface area contributed by atoms with Crippen LogP contribution in [-0.4, -0.2) is 41.8 Å². The molecular formula is C14H17NO4. The van der Waals surface area contributed by atoms with Gasteiger partial charge in [-0.25, -0.2) is 0 Å². The van der Waals surface area contributed by atoms with Crippen LogP contribution in [0.3, 0.4) is 0 Å². The van der Waals surface area contributed by atoms with Crippen LogP contribution in [-0.2, 0) is 11.3 Å². The summed E-state index contributed by atoms with van der Waals surface area (Å²) < 4.78 is 11.2. The lowest BCUT2D eigenvalue weighted by molar-refractivity contribution is -0.142. The number of carbonyl (C=O) groups is 1. The number of hydrogen-bond donors (Lipinski definition) is 1. The number of carboxylic acids is 1. The van der Waals surface area contributed by atoms with Crippen molar-refractivity contribution in [2.45, 2.75) is 25.4 Å². The number of aliphatic carboxylic acids is 1. The minimum atomic E-state index is -0.737. The summed E-state index contributed by atoms with van der Waals surface area (Å²) >= 11 is 0. The van der Waals surface area contributed by atoms with Gasteiger partial charge in [0.15, 0.2) is 11.5 Å². The molecule has 1 aromatic carbocycles. The van der Waals surface area contributed by atoms with E-state index in [1.165, 1.54) is 0 Å². The highest BCUT2D eigenvalue weighted by Crippen LogP contribution is 2.35. The molecule has 0 amide bonds. The van der Waals surface area contributed by atoms with Crippen molar-refractivity contribution in [3.63, 3.8) is 0 Å². The Labute approximate surface area is 111 Å². The van der Waals surface area contributed by atoms with Crippen molar-refractivity contribution in [3.05, 3.63) is 23.8 Å². The van der Waals surface area contributed by atoms with Crippen LogP contribution in [0.15, 0.2) is 18.2 Å². The van der Waals surface area contributed by atoms with Crippen LogP contribution >= 0.6 is 0 Å². The molecule has 0 aromatic heterocycles. The SMILES string of the molecule is O=C(O)[C@@H]1CCCN1Cc1cccc2c1OCCO2. The lowest BCUT2D eigenvalue weighted by atomic mass is 10.1. The molecule has 1 N–H and O–H groups in total. The average molecular weight is 263 g/mol. The van der Waals surface area contributed by atoms with Crippen molar-refractivity contribution in [2.75, 3.05) is 19.8 Å². The van der Waals surface area contributed by atoms with Crippen molar-refractivity contribution >= 4 is 5.97 Å². The summed E-state index contributed by atoms with van der Waals surface area (Å²) in [4.78, 5) is 13.2. The Morgan fingerprint density at radius 1 is 1.37 bits per heavy atom. The van der Waals surface area contributed by atoms with Crippen LogP contribution < -0.4 is 9.47 Å². The van der Waals surface area contributed by atoms with E-state index in [0.717, 1.165) is 36.4 Å². The molecule has 0 unspecified atom stereocenters. The van der Waals surface area contributed by atoms with Gasteiger partial charge < -0.3 is 14.6 Å². The summed E-state index contributed by atoms with van der Waals surface area (Å²) in [6.45, 7) is 2.54. The summed E-state index contributed by atoms with van der Waals surface area (Å²) in [5, 5.41) is 9.20. The zero-order chi connectivity index (χ0) is 13.2. The van der Waals surface area contributed by atoms with Gasteiger partial charge >= 0.3 is 5.97 Å². The number of fused-ring (bicyclic) bond motifs is 1. The number of ether oxygens (including phenoxy) is 2. The number of benzene rings is 1. The minimum absolute atomic E-state index is 0.375. The van der Waals surface area contributed by atoms with Crippen LogP contribution in [0.2, 0.25) is 0 Å². The highest BCUT2D eigenvalue weighted by Gasteiger charge is 2.31. The fourth-order valence-corrected chi connectivity index (χ4v) is 2.77. The smallest absolute Gasteiger partial charge is 0.320 e. The van der Waals surface area contributed by atoms with E-state index >= 15 is 0 Å². The first kappa shape index (κ1) is 12.3. The zero-order valence-electron chi connectivity index (χ0n) is 10.7. The normalized spacial score (nSPS) is 22.4. The van der Waals surface area contributed by atoms with Crippen molar-refractivity contribution in [2.24, 2.45) is 0 Å². The molecule has 1 fully saturated rings. The van der Waals surface area contributed by atoms with Gasteiger partial charge in [0.2, 0.25) is 0 Å². The van der Waals surface area contributed by atoms with Gasteiger partial charge in [-0.05, 0) is 25.5 Å². The second-order valence-corrected chi connectivity index (χ2v) is 4.91. The Kier molecular flexibility index (Phi) is 3.29. The van der Waals surface area contributed by atoms with Crippen molar-refractivity contribution in [1.82, 2.24) is 4.90 Å². The van der Waals surface area contributed by atoms with E-state index < -0.39 is 5.97 Å². The van der Waals surface area contributed by atoms with Gasteiger partial charge in [0.25, 0.3) is 0 Å². The fourth-order valence-electron chi connectivity index (χ4n) is 2.77. The van der Waals surface area contributed by atoms with Crippen LogP contribution in [0.4, 0.5) is 0 Å². The maximum absolute atomic E-state index is 11.2. The van der Waals surface area contributed by atoms with Crippen LogP contribution in [0, 0.1) is 0 Å². The molecule has 2 aliphatic heterocycles. The van der Waals surface area contributed by atoms with E-state index in [9.17, 15) is 9.90 Å². The van der Waals surface area contributed by atoms with E-state index in [1.54, 1.807) is 0 Å². The molecule has 1 saturated heterocycles. The van der Waals surface area contributed by atoms with Gasteiger partial charge in [0.1, 0.15) is 19.3 Å². The molecule has 1 atom stereocenters. The predicted octanol–water partition coefficient (Wildman–Crippen LogP) is 1.51. The maximum atomic E-state index is 11.2.